The van der Waals surface area contributed by atoms with Crippen LogP contribution in [0.3, 0.4) is 0 Å². The minimum atomic E-state index is -0.816. The van der Waals surface area contributed by atoms with E-state index in [2.05, 4.69) is 5.32 Å². The summed E-state index contributed by atoms with van der Waals surface area (Å²) in [6, 6.07) is 3.14. The maximum absolute atomic E-state index is 11.3. The average molecular weight is 299 g/mol. The molecule has 1 unspecified atom stereocenters. The first-order valence-corrected chi connectivity index (χ1v) is 6.78. The highest BCUT2D eigenvalue weighted by Gasteiger charge is 2.29. The van der Waals surface area contributed by atoms with E-state index in [1.807, 2.05) is 11.0 Å². The van der Waals surface area contributed by atoms with E-state index in [9.17, 15) is 9.90 Å². The van der Waals surface area contributed by atoms with Crippen molar-refractivity contribution in [3.05, 3.63) is 22.7 Å². The number of carbonyl (C=O) groups is 1. The number of piperazine rings is 1. The maximum Gasteiger partial charge on any atom is 0.322 e. The quantitative estimate of drug-likeness (QED) is 0.865. The van der Waals surface area contributed by atoms with Crippen LogP contribution in [0.1, 0.15) is 5.56 Å². The molecule has 1 saturated heterocycles. The highest BCUT2D eigenvalue weighted by Crippen LogP contribution is 2.40. The number of nitrogens with one attached hydrogen (secondary N) is 1. The fraction of sp³-hybridized carbons (Fsp3) is 0.462. The van der Waals surface area contributed by atoms with Gasteiger partial charge in [0, 0.05) is 26.2 Å². The van der Waals surface area contributed by atoms with E-state index in [0.717, 1.165) is 12.1 Å². The SMILES string of the molecule is O=C(O)C1CNCCN1Cc1cc(Cl)c2c(c1)OCO2. The van der Waals surface area contributed by atoms with Gasteiger partial charge in [0.2, 0.25) is 6.79 Å². The molecule has 3 rings (SSSR count). The first kappa shape index (κ1) is 13.5. The number of hydrogen-bond donors (Lipinski definition) is 2. The molecule has 0 amide bonds. The topological polar surface area (TPSA) is 71.0 Å². The first-order valence-electron chi connectivity index (χ1n) is 6.41. The van der Waals surface area contributed by atoms with Crippen molar-refractivity contribution in [3.8, 4) is 11.5 Å². The van der Waals surface area contributed by atoms with Gasteiger partial charge in [0.15, 0.2) is 11.5 Å². The number of nitrogens with zero attached hydrogens (tertiary/aromatic N) is 1. The summed E-state index contributed by atoms with van der Waals surface area (Å²) < 4.78 is 10.6. The van der Waals surface area contributed by atoms with Crippen LogP contribution in [0, 0.1) is 0 Å². The molecule has 0 radical (unpaired) electrons. The number of hydrogen-bond acceptors (Lipinski definition) is 5. The molecule has 0 bridgehead atoms. The molecule has 1 fully saturated rings. The van der Waals surface area contributed by atoms with E-state index in [-0.39, 0.29) is 6.79 Å². The summed E-state index contributed by atoms with van der Waals surface area (Å²) in [7, 11) is 0. The molecule has 0 aromatic heterocycles. The molecule has 2 N–H and O–H groups in total. The zero-order valence-corrected chi connectivity index (χ0v) is 11.5. The van der Waals surface area contributed by atoms with Gasteiger partial charge in [-0.15, -0.1) is 0 Å². The highest BCUT2D eigenvalue weighted by molar-refractivity contribution is 6.32. The Bertz CT molecular complexity index is 537. The lowest BCUT2D eigenvalue weighted by molar-refractivity contribution is -0.144. The molecular weight excluding hydrogens is 284 g/mol. The Kier molecular flexibility index (Phi) is 3.69. The van der Waals surface area contributed by atoms with Gasteiger partial charge in [-0.1, -0.05) is 11.6 Å². The van der Waals surface area contributed by atoms with Crippen molar-refractivity contribution < 1.29 is 19.4 Å². The minimum Gasteiger partial charge on any atom is -0.480 e. The predicted molar refractivity (Wildman–Crippen MR) is 72.3 cm³/mol. The summed E-state index contributed by atoms with van der Waals surface area (Å²) in [6.07, 6.45) is 0. The number of ether oxygens (including phenoxy) is 2. The Morgan fingerprint density at radius 1 is 1.50 bits per heavy atom. The van der Waals surface area contributed by atoms with Crippen LogP contribution in [-0.2, 0) is 11.3 Å². The standard InChI is InChI=1S/C13H15ClN2O4/c14-9-3-8(4-11-12(9)20-7-19-11)6-16-2-1-15-5-10(16)13(17)18/h3-4,10,15H,1-2,5-7H2,(H,17,18). The van der Waals surface area contributed by atoms with Gasteiger partial charge in [-0.05, 0) is 17.7 Å². The fourth-order valence-corrected chi connectivity index (χ4v) is 2.81. The molecule has 2 heterocycles. The van der Waals surface area contributed by atoms with Crippen molar-refractivity contribution in [1.82, 2.24) is 10.2 Å². The molecule has 0 saturated carbocycles. The lowest BCUT2D eigenvalue weighted by atomic mass is 10.1. The van der Waals surface area contributed by atoms with Gasteiger partial charge < -0.3 is 19.9 Å². The van der Waals surface area contributed by atoms with Crippen LogP contribution < -0.4 is 14.8 Å². The van der Waals surface area contributed by atoms with Crippen molar-refractivity contribution in [2.45, 2.75) is 12.6 Å². The Morgan fingerprint density at radius 3 is 3.15 bits per heavy atom. The van der Waals surface area contributed by atoms with Gasteiger partial charge in [0.1, 0.15) is 6.04 Å². The molecule has 0 spiro atoms. The Morgan fingerprint density at radius 2 is 2.35 bits per heavy atom. The van der Waals surface area contributed by atoms with Crippen molar-refractivity contribution in [2.24, 2.45) is 0 Å². The van der Waals surface area contributed by atoms with Crippen LogP contribution in [0.2, 0.25) is 5.02 Å². The zero-order valence-electron chi connectivity index (χ0n) is 10.8. The van der Waals surface area contributed by atoms with Gasteiger partial charge in [-0.3, -0.25) is 9.69 Å². The molecule has 2 aliphatic rings. The predicted octanol–water partition coefficient (Wildman–Crippen LogP) is 0.927. The molecule has 1 atom stereocenters. The Hall–Kier alpha value is -1.50. The minimum absolute atomic E-state index is 0.171. The van der Waals surface area contributed by atoms with Crippen molar-refractivity contribution in [3.63, 3.8) is 0 Å². The van der Waals surface area contributed by atoms with E-state index in [1.165, 1.54) is 0 Å². The first-order chi connectivity index (χ1) is 9.65. The van der Waals surface area contributed by atoms with E-state index >= 15 is 0 Å². The maximum atomic E-state index is 11.3. The molecule has 6 nitrogen and oxygen atoms in total. The molecule has 0 aliphatic carbocycles. The average Bonchev–Trinajstić information content (AvgIpc) is 2.88. The number of fused-ring (bicyclic) bond motifs is 1. The zero-order chi connectivity index (χ0) is 14.1. The number of rotatable bonds is 3. The van der Waals surface area contributed by atoms with Crippen molar-refractivity contribution in [1.29, 1.82) is 0 Å². The number of benzene rings is 1. The smallest absolute Gasteiger partial charge is 0.322 e. The highest BCUT2D eigenvalue weighted by atomic mass is 35.5. The second-order valence-corrected chi connectivity index (χ2v) is 5.25. The summed E-state index contributed by atoms with van der Waals surface area (Å²) in [6.45, 7) is 2.61. The van der Waals surface area contributed by atoms with Crippen LogP contribution >= 0.6 is 11.6 Å². The van der Waals surface area contributed by atoms with Crippen molar-refractivity contribution >= 4 is 17.6 Å². The second kappa shape index (κ2) is 5.47. The summed E-state index contributed by atoms with van der Waals surface area (Å²) >= 11 is 6.14. The van der Waals surface area contributed by atoms with Crippen LogP contribution in [0.25, 0.3) is 0 Å². The van der Waals surface area contributed by atoms with Gasteiger partial charge in [0.25, 0.3) is 0 Å². The second-order valence-electron chi connectivity index (χ2n) is 4.84. The normalized spacial score (nSPS) is 21.9. The molecule has 2 aliphatic heterocycles. The number of aliphatic carboxylic acids is 1. The van der Waals surface area contributed by atoms with Gasteiger partial charge in [0.05, 0.1) is 5.02 Å². The number of carboxylic acids is 1. The number of halogens is 1. The van der Waals surface area contributed by atoms with Gasteiger partial charge >= 0.3 is 5.97 Å². The Balaban J connectivity index is 1.80. The lowest BCUT2D eigenvalue weighted by Crippen LogP contribution is -2.54. The Labute approximate surface area is 121 Å². The third kappa shape index (κ3) is 2.54. The molecule has 108 valence electrons. The van der Waals surface area contributed by atoms with Crippen LogP contribution in [0.5, 0.6) is 11.5 Å². The van der Waals surface area contributed by atoms with Gasteiger partial charge in [-0.25, -0.2) is 0 Å². The monoisotopic (exact) mass is 298 g/mol. The summed E-state index contributed by atoms with van der Waals surface area (Å²) in [5.41, 5.74) is 0.924. The fourth-order valence-electron chi connectivity index (χ4n) is 2.53. The van der Waals surface area contributed by atoms with E-state index in [0.29, 0.717) is 36.2 Å². The van der Waals surface area contributed by atoms with E-state index < -0.39 is 12.0 Å². The van der Waals surface area contributed by atoms with Crippen LogP contribution in [0.4, 0.5) is 0 Å². The third-order valence-electron chi connectivity index (χ3n) is 3.51. The summed E-state index contributed by atoms with van der Waals surface area (Å²) in [5, 5.41) is 12.8. The van der Waals surface area contributed by atoms with Crippen LogP contribution in [0.15, 0.2) is 12.1 Å². The largest absolute Gasteiger partial charge is 0.480 e. The number of carboxylic acid groups (broad SMARTS) is 1. The molecular formula is C13H15ClN2O4. The molecule has 1 aromatic rings. The van der Waals surface area contributed by atoms with E-state index in [4.69, 9.17) is 21.1 Å². The molecule has 20 heavy (non-hydrogen) atoms. The van der Waals surface area contributed by atoms with Crippen molar-refractivity contribution in [2.75, 3.05) is 26.4 Å². The molecule has 1 aromatic carbocycles. The van der Waals surface area contributed by atoms with E-state index in [1.54, 1.807) is 6.07 Å². The van der Waals surface area contributed by atoms with Gasteiger partial charge in [-0.2, -0.15) is 0 Å². The third-order valence-corrected chi connectivity index (χ3v) is 3.79. The lowest BCUT2D eigenvalue weighted by Gasteiger charge is -2.33. The summed E-state index contributed by atoms with van der Waals surface area (Å²) in [4.78, 5) is 13.2. The van der Waals surface area contributed by atoms with Crippen LogP contribution in [-0.4, -0.2) is 48.4 Å². The summed E-state index contributed by atoms with van der Waals surface area (Å²) in [5.74, 6) is 0.365. The molecule has 7 heteroatoms.